The highest BCUT2D eigenvalue weighted by Gasteiger charge is 2.32. The van der Waals surface area contributed by atoms with Crippen molar-refractivity contribution in [3.8, 4) is 0 Å². The van der Waals surface area contributed by atoms with E-state index in [9.17, 15) is 4.79 Å². The molecule has 2 atom stereocenters. The number of carbonyl (C=O) groups is 1. The molecular weight excluding hydrogens is 200 g/mol. The molecule has 0 unspecified atom stereocenters. The number of thiazole rings is 1. The largest absolute Gasteiger partial charge is 0.481 e. The van der Waals surface area contributed by atoms with E-state index < -0.39 is 5.97 Å². The fourth-order valence-electron chi connectivity index (χ4n) is 1.29. The summed E-state index contributed by atoms with van der Waals surface area (Å²) in [5.74, 6) is -0.108. The van der Waals surface area contributed by atoms with E-state index in [0.29, 0.717) is 11.7 Å². The second-order valence-electron chi connectivity index (χ2n) is 3.68. The van der Waals surface area contributed by atoms with Gasteiger partial charge in [0.25, 0.3) is 0 Å². The van der Waals surface area contributed by atoms with Gasteiger partial charge in [-0.2, -0.15) is 0 Å². The summed E-state index contributed by atoms with van der Waals surface area (Å²) in [7, 11) is 0. The molecule has 1 fully saturated rings. The van der Waals surface area contributed by atoms with Crippen LogP contribution < -0.4 is 5.32 Å². The van der Waals surface area contributed by atoms with Crippen LogP contribution in [0.25, 0.3) is 0 Å². The first-order valence-corrected chi connectivity index (χ1v) is 5.46. The Morgan fingerprint density at radius 1 is 1.86 bits per heavy atom. The molecule has 1 saturated carbocycles. The van der Waals surface area contributed by atoms with Crippen molar-refractivity contribution in [2.24, 2.45) is 5.92 Å². The summed E-state index contributed by atoms with van der Waals surface area (Å²) in [4.78, 5) is 14.6. The topological polar surface area (TPSA) is 62.2 Å². The molecule has 2 N–H and O–H groups in total. The minimum Gasteiger partial charge on any atom is -0.481 e. The van der Waals surface area contributed by atoms with Crippen LogP contribution in [0.3, 0.4) is 0 Å². The highest BCUT2D eigenvalue weighted by molar-refractivity contribution is 7.13. The number of rotatable bonds is 4. The molecule has 0 saturated heterocycles. The Morgan fingerprint density at radius 2 is 2.57 bits per heavy atom. The van der Waals surface area contributed by atoms with Crippen LogP contribution in [-0.2, 0) is 11.2 Å². The van der Waals surface area contributed by atoms with Crippen molar-refractivity contribution in [3.05, 3.63) is 11.1 Å². The zero-order valence-corrected chi connectivity index (χ0v) is 8.67. The maximum atomic E-state index is 10.4. The number of hydrogen-bond donors (Lipinski definition) is 2. The molecule has 2 rings (SSSR count). The molecule has 76 valence electrons. The van der Waals surface area contributed by atoms with Crippen molar-refractivity contribution >= 4 is 22.4 Å². The van der Waals surface area contributed by atoms with Crippen LogP contribution in [0.5, 0.6) is 0 Å². The molecule has 1 aromatic heterocycles. The van der Waals surface area contributed by atoms with Crippen LogP contribution in [-0.4, -0.2) is 22.1 Å². The average Bonchev–Trinajstić information content (AvgIpc) is 2.60. The van der Waals surface area contributed by atoms with Gasteiger partial charge in [-0.1, -0.05) is 6.92 Å². The van der Waals surface area contributed by atoms with Gasteiger partial charge >= 0.3 is 5.97 Å². The summed E-state index contributed by atoms with van der Waals surface area (Å²) < 4.78 is 0. The molecule has 0 radical (unpaired) electrons. The molecule has 0 bridgehead atoms. The van der Waals surface area contributed by atoms with Gasteiger partial charge in [-0.15, -0.1) is 11.3 Å². The molecule has 1 heterocycles. The Kier molecular flexibility index (Phi) is 2.41. The number of nitrogens with one attached hydrogen (secondary N) is 1. The quantitative estimate of drug-likeness (QED) is 0.795. The standard InChI is InChI=1S/C9H12N2O2S/c1-5-2-7(5)11-9-10-6(4-14-9)3-8(12)13/h4-5,7H,2-3H2,1H3,(H,10,11)(H,12,13)/t5-,7-/m0/s1. The zero-order chi connectivity index (χ0) is 10.1. The number of hydrogen-bond acceptors (Lipinski definition) is 4. The van der Waals surface area contributed by atoms with Crippen molar-refractivity contribution in [2.45, 2.75) is 25.8 Å². The fourth-order valence-corrected chi connectivity index (χ4v) is 2.06. The number of anilines is 1. The SMILES string of the molecule is C[C@H]1C[C@@H]1Nc1nc(CC(=O)O)cs1. The second kappa shape index (κ2) is 3.57. The summed E-state index contributed by atoms with van der Waals surface area (Å²) in [6, 6.07) is 0.541. The molecule has 14 heavy (non-hydrogen) atoms. The van der Waals surface area contributed by atoms with Gasteiger partial charge in [-0.05, 0) is 12.3 Å². The first-order valence-electron chi connectivity index (χ1n) is 4.58. The summed E-state index contributed by atoms with van der Waals surface area (Å²) >= 11 is 1.48. The first kappa shape index (κ1) is 9.45. The van der Waals surface area contributed by atoms with E-state index in [1.807, 2.05) is 0 Å². The summed E-state index contributed by atoms with van der Waals surface area (Å²) in [6.07, 6.45) is 1.20. The minimum atomic E-state index is -0.832. The molecule has 0 spiro atoms. The number of carboxylic acid groups (broad SMARTS) is 1. The third-order valence-electron chi connectivity index (χ3n) is 2.30. The molecule has 1 aromatic rings. The maximum absolute atomic E-state index is 10.4. The van der Waals surface area contributed by atoms with E-state index in [1.165, 1.54) is 17.8 Å². The highest BCUT2D eigenvalue weighted by atomic mass is 32.1. The Labute approximate surface area is 86.0 Å². The molecule has 0 aliphatic heterocycles. The lowest BCUT2D eigenvalue weighted by atomic mass is 10.3. The van der Waals surface area contributed by atoms with Gasteiger partial charge in [0.05, 0.1) is 12.1 Å². The predicted octanol–water partition coefficient (Wildman–Crippen LogP) is 1.59. The highest BCUT2D eigenvalue weighted by Crippen LogP contribution is 2.33. The van der Waals surface area contributed by atoms with Gasteiger partial charge < -0.3 is 10.4 Å². The third-order valence-corrected chi connectivity index (χ3v) is 3.12. The lowest BCUT2D eigenvalue weighted by Crippen LogP contribution is -2.04. The molecule has 1 aliphatic rings. The van der Waals surface area contributed by atoms with Gasteiger partial charge in [-0.3, -0.25) is 4.79 Å². The number of carboxylic acids is 1. The van der Waals surface area contributed by atoms with Crippen LogP contribution >= 0.6 is 11.3 Å². The second-order valence-corrected chi connectivity index (χ2v) is 4.54. The molecular formula is C9H12N2O2S. The number of aliphatic carboxylic acids is 1. The van der Waals surface area contributed by atoms with E-state index >= 15 is 0 Å². The Balaban J connectivity index is 1.92. The monoisotopic (exact) mass is 212 g/mol. The molecule has 0 amide bonds. The third kappa shape index (κ3) is 2.23. The Hall–Kier alpha value is -1.10. The Bertz CT molecular complexity index is 350. The molecule has 1 aliphatic carbocycles. The summed E-state index contributed by atoms with van der Waals surface area (Å²) in [5, 5.41) is 14.5. The van der Waals surface area contributed by atoms with E-state index in [1.54, 1.807) is 5.38 Å². The maximum Gasteiger partial charge on any atom is 0.309 e. The lowest BCUT2D eigenvalue weighted by Gasteiger charge is -1.97. The van der Waals surface area contributed by atoms with Crippen LogP contribution in [0, 0.1) is 5.92 Å². The van der Waals surface area contributed by atoms with Gasteiger partial charge in [-0.25, -0.2) is 4.98 Å². The summed E-state index contributed by atoms with van der Waals surface area (Å²) in [6.45, 7) is 2.18. The average molecular weight is 212 g/mol. The lowest BCUT2D eigenvalue weighted by molar-refractivity contribution is -0.136. The van der Waals surface area contributed by atoms with Crippen LogP contribution in [0.2, 0.25) is 0 Å². The molecule has 0 aromatic carbocycles. The predicted molar refractivity (Wildman–Crippen MR) is 54.6 cm³/mol. The molecule has 5 heteroatoms. The van der Waals surface area contributed by atoms with Crippen LogP contribution in [0.1, 0.15) is 19.0 Å². The van der Waals surface area contributed by atoms with E-state index in [-0.39, 0.29) is 6.42 Å². The van der Waals surface area contributed by atoms with Crippen molar-refractivity contribution in [1.29, 1.82) is 0 Å². The van der Waals surface area contributed by atoms with Crippen LogP contribution in [0.15, 0.2) is 5.38 Å². The van der Waals surface area contributed by atoms with E-state index in [0.717, 1.165) is 11.0 Å². The van der Waals surface area contributed by atoms with Gasteiger partial charge in [0.2, 0.25) is 0 Å². The zero-order valence-electron chi connectivity index (χ0n) is 7.86. The Morgan fingerprint density at radius 3 is 3.14 bits per heavy atom. The van der Waals surface area contributed by atoms with Crippen molar-refractivity contribution in [1.82, 2.24) is 4.98 Å². The normalized spacial score (nSPS) is 24.6. The van der Waals surface area contributed by atoms with E-state index in [2.05, 4.69) is 17.2 Å². The number of nitrogens with zero attached hydrogens (tertiary/aromatic N) is 1. The number of aromatic nitrogens is 1. The smallest absolute Gasteiger partial charge is 0.309 e. The van der Waals surface area contributed by atoms with Crippen molar-refractivity contribution in [3.63, 3.8) is 0 Å². The first-order chi connectivity index (χ1) is 6.65. The minimum absolute atomic E-state index is 0.0123. The van der Waals surface area contributed by atoms with Gasteiger partial charge in [0.15, 0.2) is 5.13 Å². The van der Waals surface area contributed by atoms with Crippen molar-refractivity contribution in [2.75, 3.05) is 5.32 Å². The van der Waals surface area contributed by atoms with Crippen LogP contribution in [0.4, 0.5) is 5.13 Å². The van der Waals surface area contributed by atoms with Gasteiger partial charge in [0, 0.05) is 11.4 Å². The summed E-state index contributed by atoms with van der Waals surface area (Å²) in [5.41, 5.74) is 0.637. The molecule has 4 nitrogen and oxygen atoms in total. The van der Waals surface area contributed by atoms with E-state index in [4.69, 9.17) is 5.11 Å². The van der Waals surface area contributed by atoms with Gasteiger partial charge in [0.1, 0.15) is 0 Å². The fraction of sp³-hybridized carbons (Fsp3) is 0.556. The van der Waals surface area contributed by atoms with Crippen molar-refractivity contribution < 1.29 is 9.90 Å².